The minimum atomic E-state index is -0.346. The number of hydrogen-bond acceptors (Lipinski definition) is 4. The number of hydrogen-bond donors (Lipinski definition) is 2. The Balaban J connectivity index is 0. The van der Waals surface area contributed by atoms with Crippen LogP contribution in [-0.2, 0) is 11.2 Å². The van der Waals surface area contributed by atoms with E-state index >= 15 is 0 Å². The van der Waals surface area contributed by atoms with Crippen molar-refractivity contribution in [2.75, 3.05) is 6.54 Å². The van der Waals surface area contributed by atoms with E-state index in [-0.39, 0.29) is 36.3 Å². The Morgan fingerprint density at radius 1 is 1.47 bits per heavy atom. The molecule has 0 aliphatic rings. The lowest BCUT2D eigenvalue weighted by Crippen LogP contribution is -2.45. The summed E-state index contributed by atoms with van der Waals surface area (Å²) < 4.78 is 0. The van der Waals surface area contributed by atoms with Gasteiger partial charge in [0.2, 0.25) is 5.91 Å². The molecular formula is C12H23Cl2N3OS. The Morgan fingerprint density at radius 2 is 2.11 bits per heavy atom. The topological polar surface area (TPSA) is 68.0 Å². The summed E-state index contributed by atoms with van der Waals surface area (Å²) in [5.74, 6) is 0.0653. The van der Waals surface area contributed by atoms with E-state index in [1.807, 2.05) is 20.8 Å². The summed E-state index contributed by atoms with van der Waals surface area (Å²) in [4.78, 5) is 15.9. The fraction of sp³-hybridized carbons (Fsp3) is 0.667. The highest BCUT2D eigenvalue weighted by Gasteiger charge is 2.11. The molecule has 0 saturated carbocycles. The van der Waals surface area contributed by atoms with Gasteiger partial charge in [0.1, 0.15) is 0 Å². The van der Waals surface area contributed by atoms with Gasteiger partial charge in [-0.05, 0) is 33.6 Å². The van der Waals surface area contributed by atoms with Gasteiger partial charge in [0, 0.05) is 23.9 Å². The van der Waals surface area contributed by atoms with Gasteiger partial charge in [-0.1, -0.05) is 0 Å². The van der Waals surface area contributed by atoms with Crippen molar-refractivity contribution >= 4 is 42.1 Å². The molecule has 0 bridgehead atoms. The quantitative estimate of drug-likeness (QED) is 0.843. The lowest BCUT2D eigenvalue weighted by Gasteiger charge is -2.18. The van der Waals surface area contributed by atoms with Crippen molar-refractivity contribution in [1.82, 2.24) is 10.3 Å². The summed E-state index contributed by atoms with van der Waals surface area (Å²) in [6, 6.07) is 0. The van der Waals surface area contributed by atoms with Crippen molar-refractivity contribution in [2.24, 2.45) is 5.73 Å². The van der Waals surface area contributed by atoms with Crippen LogP contribution in [0.1, 0.15) is 37.4 Å². The third kappa shape index (κ3) is 10.1. The summed E-state index contributed by atoms with van der Waals surface area (Å²) in [6.45, 7) is 6.29. The first-order valence-corrected chi connectivity index (χ1v) is 6.71. The highest BCUT2D eigenvalue weighted by molar-refractivity contribution is 7.09. The van der Waals surface area contributed by atoms with Crippen LogP contribution in [0.2, 0.25) is 0 Å². The number of thiazole rings is 1. The maximum Gasteiger partial charge on any atom is 0.220 e. The first-order valence-electron chi connectivity index (χ1n) is 5.83. The average molecular weight is 328 g/mol. The minimum Gasteiger partial charge on any atom is -0.354 e. The van der Waals surface area contributed by atoms with E-state index in [0.717, 1.165) is 23.5 Å². The Labute approximate surface area is 131 Å². The van der Waals surface area contributed by atoms with E-state index in [4.69, 9.17) is 5.73 Å². The number of halogens is 2. The molecule has 0 saturated heterocycles. The monoisotopic (exact) mass is 327 g/mol. The van der Waals surface area contributed by atoms with E-state index < -0.39 is 0 Å². The number of rotatable bonds is 6. The summed E-state index contributed by atoms with van der Waals surface area (Å²) in [5.41, 5.74) is 6.52. The lowest BCUT2D eigenvalue weighted by atomic mass is 10.1. The molecule has 0 aliphatic carbocycles. The number of aryl methyl sites for hydroxylation is 2. The Kier molecular flexibility index (Phi) is 10.5. The molecule has 0 aromatic carbocycles. The molecule has 0 spiro atoms. The van der Waals surface area contributed by atoms with Crippen LogP contribution in [0.25, 0.3) is 0 Å². The van der Waals surface area contributed by atoms with Gasteiger partial charge in [0.15, 0.2) is 0 Å². The maximum absolute atomic E-state index is 11.5. The molecule has 19 heavy (non-hydrogen) atoms. The fourth-order valence-electron chi connectivity index (χ4n) is 1.37. The van der Waals surface area contributed by atoms with Crippen LogP contribution in [0.3, 0.4) is 0 Å². The first-order chi connectivity index (χ1) is 7.87. The highest BCUT2D eigenvalue weighted by Crippen LogP contribution is 2.10. The third-order valence-corrected chi connectivity index (χ3v) is 3.07. The SMILES string of the molecule is Cc1nc(CCCC(=O)NCC(C)(C)N)cs1.Cl.Cl. The van der Waals surface area contributed by atoms with Gasteiger partial charge in [-0.25, -0.2) is 4.98 Å². The number of aromatic nitrogens is 1. The molecule has 112 valence electrons. The van der Waals surface area contributed by atoms with Gasteiger partial charge < -0.3 is 11.1 Å². The van der Waals surface area contributed by atoms with E-state index in [1.54, 1.807) is 11.3 Å². The van der Waals surface area contributed by atoms with Gasteiger partial charge in [0.05, 0.1) is 10.7 Å². The molecule has 0 aliphatic heterocycles. The number of amides is 1. The van der Waals surface area contributed by atoms with Gasteiger partial charge in [-0.2, -0.15) is 0 Å². The molecule has 1 aromatic rings. The maximum atomic E-state index is 11.5. The minimum absolute atomic E-state index is 0. The van der Waals surface area contributed by atoms with Gasteiger partial charge in [-0.15, -0.1) is 36.2 Å². The zero-order chi connectivity index (χ0) is 12.9. The second-order valence-electron chi connectivity index (χ2n) is 4.98. The Hall–Kier alpha value is -0.360. The zero-order valence-electron chi connectivity index (χ0n) is 11.6. The predicted molar refractivity (Wildman–Crippen MR) is 85.6 cm³/mol. The number of nitrogens with two attached hydrogens (primary N) is 1. The Bertz CT molecular complexity index is 377. The standard InChI is InChI=1S/C12H21N3OS.2ClH/c1-9-15-10(7-17-9)5-4-6-11(16)14-8-12(2,3)13;;/h7H,4-6,8,13H2,1-3H3,(H,14,16);2*1H. The van der Waals surface area contributed by atoms with Crippen molar-refractivity contribution in [3.8, 4) is 0 Å². The van der Waals surface area contributed by atoms with Crippen LogP contribution in [0.4, 0.5) is 0 Å². The normalized spacial score (nSPS) is 10.3. The highest BCUT2D eigenvalue weighted by atomic mass is 35.5. The number of nitrogens with one attached hydrogen (secondary N) is 1. The van der Waals surface area contributed by atoms with Crippen LogP contribution in [-0.4, -0.2) is 23.0 Å². The van der Waals surface area contributed by atoms with Gasteiger partial charge >= 0.3 is 0 Å². The van der Waals surface area contributed by atoms with Crippen LogP contribution in [0.5, 0.6) is 0 Å². The molecule has 1 aromatic heterocycles. The summed E-state index contributed by atoms with van der Waals surface area (Å²) in [5, 5.41) is 5.96. The van der Waals surface area contributed by atoms with E-state index in [1.165, 1.54) is 0 Å². The lowest BCUT2D eigenvalue weighted by molar-refractivity contribution is -0.121. The molecule has 0 unspecified atom stereocenters. The van der Waals surface area contributed by atoms with Gasteiger partial charge in [-0.3, -0.25) is 4.79 Å². The van der Waals surface area contributed by atoms with Crippen molar-refractivity contribution in [2.45, 2.75) is 45.6 Å². The second-order valence-corrected chi connectivity index (χ2v) is 6.04. The molecular weight excluding hydrogens is 305 g/mol. The van der Waals surface area contributed by atoms with Crippen LogP contribution >= 0.6 is 36.2 Å². The van der Waals surface area contributed by atoms with E-state index in [0.29, 0.717) is 13.0 Å². The molecule has 1 heterocycles. The van der Waals surface area contributed by atoms with Crippen LogP contribution in [0, 0.1) is 6.92 Å². The van der Waals surface area contributed by atoms with Crippen molar-refractivity contribution in [3.05, 3.63) is 16.1 Å². The molecule has 0 atom stereocenters. The number of carbonyl (C=O) groups excluding carboxylic acids is 1. The van der Waals surface area contributed by atoms with Crippen molar-refractivity contribution in [3.63, 3.8) is 0 Å². The predicted octanol–water partition coefficient (Wildman–Crippen LogP) is 2.47. The zero-order valence-corrected chi connectivity index (χ0v) is 14.0. The van der Waals surface area contributed by atoms with Crippen LogP contribution < -0.4 is 11.1 Å². The molecule has 4 nitrogen and oxygen atoms in total. The van der Waals surface area contributed by atoms with E-state index in [9.17, 15) is 4.79 Å². The average Bonchev–Trinajstić information content (AvgIpc) is 2.60. The molecule has 7 heteroatoms. The number of nitrogens with zero attached hydrogens (tertiary/aromatic N) is 1. The molecule has 1 rings (SSSR count). The largest absolute Gasteiger partial charge is 0.354 e. The smallest absolute Gasteiger partial charge is 0.220 e. The van der Waals surface area contributed by atoms with Crippen molar-refractivity contribution in [1.29, 1.82) is 0 Å². The molecule has 1 amide bonds. The van der Waals surface area contributed by atoms with E-state index in [2.05, 4.69) is 15.7 Å². The summed E-state index contributed by atoms with van der Waals surface area (Å²) in [6.07, 6.45) is 2.23. The Morgan fingerprint density at radius 3 is 2.58 bits per heavy atom. The summed E-state index contributed by atoms with van der Waals surface area (Å²) in [7, 11) is 0. The summed E-state index contributed by atoms with van der Waals surface area (Å²) >= 11 is 1.65. The molecule has 0 fully saturated rings. The number of carbonyl (C=O) groups is 1. The fourth-order valence-corrected chi connectivity index (χ4v) is 2.02. The molecule has 0 radical (unpaired) electrons. The van der Waals surface area contributed by atoms with Crippen molar-refractivity contribution < 1.29 is 4.79 Å². The van der Waals surface area contributed by atoms with Crippen LogP contribution in [0.15, 0.2) is 5.38 Å². The van der Waals surface area contributed by atoms with Gasteiger partial charge in [0.25, 0.3) is 0 Å². The second kappa shape index (κ2) is 9.53. The third-order valence-electron chi connectivity index (χ3n) is 2.24. The molecule has 3 N–H and O–H groups in total. The first kappa shape index (κ1) is 20.9.